The average molecular weight is 263 g/mol. The Morgan fingerprint density at radius 2 is 2.05 bits per heavy atom. The number of ether oxygens (including phenoxy) is 1. The van der Waals surface area contributed by atoms with Crippen LogP contribution in [-0.4, -0.2) is 19.1 Å². The summed E-state index contributed by atoms with van der Waals surface area (Å²) in [5.41, 5.74) is 2.42. The first-order valence-corrected chi connectivity index (χ1v) is 6.90. The second kappa shape index (κ2) is 7.29. The standard InChI is InChI=1S/C16H25NO2/c1-6-12(3)15(16(18)19-5)17-13(4)14-9-7-8-11(2)10-14/h7-10,12-13,15,17H,6H2,1-5H3. The third-order valence-electron chi connectivity index (χ3n) is 3.64. The van der Waals surface area contributed by atoms with Crippen molar-refractivity contribution in [3.63, 3.8) is 0 Å². The minimum absolute atomic E-state index is 0.123. The monoisotopic (exact) mass is 263 g/mol. The Bertz CT molecular complexity index is 417. The number of nitrogens with one attached hydrogen (secondary N) is 1. The lowest BCUT2D eigenvalue weighted by atomic mass is 9.97. The van der Waals surface area contributed by atoms with Crippen LogP contribution in [0.4, 0.5) is 0 Å². The molecule has 3 unspecified atom stereocenters. The van der Waals surface area contributed by atoms with Crippen LogP contribution in [0, 0.1) is 12.8 Å². The van der Waals surface area contributed by atoms with E-state index >= 15 is 0 Å². The van der Waals surface area contributed by atoms with Crippen LogP contribution in [0.25, 0.3) is 0 Å². The van der Waals surface area contributed by atoms with Gasteiger partial charge in [0.25, 0.3) is 0 Å². The van der Waals surface area contributed by atoms with Gasteiger partial charge in [-0.1, -0.05) is 50.1 Å². The molecule has 0 aliphatic carbocycles. The van der Waals surface area contributed by atoms with Crippen LogP contribution in [0.2, 0.25) is 0 Å². The maximum Gasteiger partial charge on any atom is 0.323 e. The zero-order valence-electron chi connectivity index (χ0n) is 12.6. The summed E-state index contributed by atoms with van der Waals surface area (Å²) in [5.74, 6) is 0.0635. The van der Waals surface area contributed by atoms with Crippen LogP contribution >= 0.6 is 0 Å². The number of aryl methyl sites for hydroxylation is 1. The highest BCUT2D eigenvalue weighted by Gasteiger charge is 2.26. The molecule has 0 radical (unpaired) electrons. The summed E-state index contributed by atoms with van der Waals surface area (Å²) in [6, 6.07) is 8.20. The molecule has 19 heavy (non-hydrogen) atoms. The first kappa shape index (κ1) is 15.7. The highest BCUT2D eigenvalue weighted by molar-refractivity contribution is 5.76. The van der Waals surface area contributed by atoms with Gasteiger partial charge in [-0.15, -0.1) is 0 Å². The summed E-state index contributed by atoms with van der Waals surface area (Å²) >= 11 is 0. The zero-order valence-corrected chi connectivity index (χ0v) is 12.6. The smallest absolute Gasteiger partial charge is 0.323 e. The van der Waals surface area contributed by atoms with Crippen molar-refractivity contribution in [3.05, 3.63) is 35.4 Å². The van der Waals surface area contributed by atoms with Crippen molar-refractivity contribution in [1.82, 2.24) is 5.32 Å². The van der Waals surface area contributed by atoms with Gasteiger partial charge < -0.3 is 4.74 Å². The molecule has 0 fully saturated rings. The summed E-state index contributed by atoms with van der Waals surface area (Å²) in [4.78, 5) is 11.9. The van der Waals surface area contributed by atoms with E-state index in [1.807, 2.05) is 6.07 Å². The van der Waals surface area contributed by atoms with Crippen LogP contribution in [0.1, 0.15) is 44.4 Å². The molecule has 1 rings (SSSR count). The summed E-state index contributed by atoms with van der Waals surface area (Å²) in [7, 11) is 1.44. The van der Waals surface area contributed by atoms with Crippen LogP contribution in [0.5, 0.6) is 0 Å². The topological polar surface area (TPSA) is 38.3 Å². The molecule has 3 heteroatoms. The Balaban J connectivity index is 2.81. The van der Waals surface area contributed by atoms with E-state index < -0.39 is 0 Å². The van der Waals surface area contributed by atoms with E-state index in [-0.39, 0.29) is 24.0 Å². The molecule has 0 aromatic heterocycles. The first-order chi connectivity index (χ1) is 8.99. The lowest BCUT2D eigenvalue weighted by Crippen LogP contribution is -2.43. The number of methoxy groups -OCH3 is 1. The van der Waals surface area contributed by atoms with Gasteiger partial charge in [0.1, 0.15) is 6.04 Å². The fourth-order valence-electron chi connectivity index (χ4n) is 2.13. The van der Waals surface area contributed by atoms with Crippen molar-refractivity contribution in [2.75, 3.05) is 7.11 Å². The summed E-state index contributed by atoms with van der Waals surface area (Å²) < 4.78 is 4.89. The molecule has 0 spiro atoms. The predicted octanol–water partition coefficient (Wildman–Crippen LogP) is 3.23. The van der Waals surface area contributed by atoms with Gasteiger partial charge in [0.2, 0.25) is 0 Å². The predicted molar refractivity (Wildman–Crippen MR) is 78.0 cm³/mol. The van der Waals surface area contributed by atoms with Crippen LogP contribution < -0.4 is 5.32 Å². The van der Waals surface area contributed by atoms with E-state index in [1.54, 1.807) is 0 Å². The Morgan fingerprint density at radius 1 is 1.37 bits per heavy atom. The van der Waals surface area contributed by atoms with Gasteiger partial charge in [-0.3, -0.25) is 10.1 Å². The number of hydrogen-bond acceptors (Lipinski definition) is 3. The average Bonchev–Trinajstić information content (AvgIpc) is 2.42. The van der Waals surface area contributed by atoms with E-state index in [0.717, 1.165) is 6.42 Å². The second-order valence-electron chi connectivity index (χ2n) is 5.19. The molecule has 0 aliphatic heterocycles. The Labute approximate surface area is 116 Å². The van der Waals surface area contributed by atoms with Crippen LogP contribution in [-0.2, 0) is 9.53 Å². The molecule has 0 heterocycles. The van der Waals surface area contributed by atoms with E-state index in [0.29, 0.717) is 0 Å². The molecule has 106 valence electrons. The third-order valence-corrected chi connectivity index (χ3v) is 3.64. The van der Waals surface area contributed by atoms with Crippen molar-refractivity contribution in [2.24, 2.45) is 5.92 Å². The molecule has 3 nitrogen and oxygen atoms in total. The van der Waals surface area contributed by atoms with Crippen molar-refractivity contribution < 1.29 is 9.53 Å². The van der Waals surface area contributed by atoms with E-state index in [2.05, 4.69) is 51.2 Å². The highest BCUT2D eigenvalue weighted by Crippen LogP contribution is 2.18. The molecule has 1 aromatic rings. The molecule has 0 aliphatic rings. The quantitative estimate of drug-likeness (QED) is 0.801. The third kappa shape index (κ3) is 4.35. The first-order valence-electron chi connectivity index (χ1n) is 6.90. The fraction of sp³-hybridized carbons (Fsp3) is 0.562. The molecule has 0 saturated carbocycles. The normalized spacial score (nSPS) is 15.6. The fourth-order valence-corrected chi connectivity index (χ4v) is 2.13. The number of esters is 1. The van der Waals surface area contributed by atoms with Gasteiger partial charge in [0.05, 0.1) is 7.11 Å². The number of carbonyl (C=O) groups is 1. The van der Waals surface area contributed by atoms with E-state index in [1.165, 1.54) is 18.2 Å². The molecular weight excluding hydrogens is 238 g/mol. The number of benzene rings is 1. The Kier molecular flexibility index (Phi) is 6.03. The Morgan fingerprint density at radius 3 is 2.58 bits per heavy atom. The van der Waals surface area contributed by atoms with Crippen molar-refractivity contribution in [3.8, 4) is 0 Å². The van der Waals surface area contributed by atoms with Gasteiger partial charge in [-0.05, 0) is 25.3 Å². The maximum absolute atomic E-state index is 11.9. The number of rotatable bonds is 6. The largest absolute Gasteiger partial charge is 0.468 e. The lowest BCUT2D eigenvalue weighted by molar-refractivity contribution is -0.144. The van der Waals surface area contributed by atoms with Crippen molar-refractivity contribution >= 4 is 5.97 Å². The van der Waals surface area contributed by atoms with Gasteiger partial charge in [-0.25, -0.2) is 0 Å². The maximum atomic E-state index is 11.9. The van der Waals surface area contributed by atoms with Gasteiger partial charge in [0, 0.05) is 6.04 Å². The molecular formula is C16H25NO2. The summed E-state index contributed by atoms with van der Waals surface area (Å²) in [5, 5.41) is 3.39. The highest BCUT2D eigenvalue weighted by atomic mass is 16.5. The van der Waals surface area contributed by atoms with Gasteiger partial charge in [0.15, 0.2) is 0 Å². The van der Waals surface area contributed by atoms with E-state index in [9.17, 15) is 4.79 Å². The van der Waals surface area contributed by atoms with Gasteiger partial charge >= 0.3 is 5.97 Å². The molecule has 0 saturated heterocycles. The molecule has 3 atom stereocenters. The molecule has 0 bridgehead atoms. The summed E-state index contributed by atoms with van der Waals surface area (Å²) in [6.07, 6.45) is 0.938. The van der Waals surface area contributed by atoms with Crippen molar-refractivity contribution in [2.45, 2.75) is 46.2 Å². The van der Waals surface area contributed by atoms with Crippen molar-refractivity contribution in [1.29, 1.82) is 0 Å². The molecule has 0 amide bonds. The Hall–Kier alpha value is -1.35. The molecule has 1 aromatic carbocycles. The number of hydrogen-bond donors (Lipinski definition) is 1. The SMILES string of the molecule is CCC(C)C(NC(C)c1cccc(C)c1)C(=O)OC. The minimum atomic E-state index is -0.259. The van der Waals surface area contributed by atoms with Gasteiger partial charge in [-0.2, -0.15) is 0 Å². The lowest BCUT2D eigenvalue weighted by Gasteiger charge is -2.26. The van der Waals surface area contributed by atoms with E-state index in [4.69, 9.17) is 4.74 Å². The van der Waals surface area contributed by atoms with Crippen LogP contribution in [0.3, 0.4) is 0 Å². The zero-order chi connectivity index (χ0) is 14.4. The second-order valence-corrected chi connectivity index (χ2v) is 5.19. The van der Waals surface area contributed by atoms with Crippen LogP contribution in [0.15, 0.2) is 24.3 Å². The minimum Gasteiger partial charge on any atom is -0.468 e. The summed E-state index contributed by atoms with van der Waals surface area (Å²) in [6.45, 7) is 8.30. The number of carbonyl (C=O) groups excluding carboxylic acids is 1. The molecule has 1 N–H and O–H groups in total.